The van der Waals surface area contributed by atoms with Gasteiger partial charge in [-0.2, -0.15) is 11.3 Å². The molecule has 2 aromatic heterocycles. The highest BCUT2D eigenvalue weighted by Gasteiger charge is 2.16. The second kappa shape index (κ2) is 7.91. The van der Waals surface area contributed by atoms with Gasteiger partial charge in [0.1, 0.15) is 9.88 Å². The van der Waals surface area contributed by atoms with Gasteiger partial charge < -0.3 is 10.2 Å². The molecule has 0 bridgehead atoms. The Hall–Kier alpha value is -2.02. The standard InChI is InChI=1S/C19H21N3OS2/c1-13-17(25-19(21-13)16-8-9-24-12-16)18(23)20-10-14-4-6-15(7-5-14)11-22(2)3/h4-9,12H,10-11H2,1-3H3,(H,20,23). The molecule has 0 fully saturated rings. The highest BCUT2D eigenvalue weighted by Crippen LogP contribution is 2.29. The molecule has 0 aliphatic carbocycles. The first-order valence-corrected chi connectivity index (χ1v) is 9.79. The molecule has 1 amide bonds. The summed E-state index contributed by atoms with van der Waals surface area (Å²) in [5.41, 5.74) is 4.22. The Morgan fingerprint density at radius 2 is 1.88 bits per heavy atom. The predicted molar refractivity (Wildman–Crippen MR) is 105 cm³/mol. The summed E-state index contributed by atoms with van der Waals surface area (Å²) in [4.78, 5) is 19.8. The van der Waals surface area contributed by atoms with Crippen LogP contribution in [0.4, 0.5) is 0 Å². The van der Waals surface area contributed by atoms with Crippen molar-refractivity contribution in [3.8, 4) is 10.6 Å². The van der Waals surface area contributed by atoms with Gasteiger partial charge in [0.25, 0.3) is 5.91 Å². The fraction of sp³-hybridized carbons (Fsp3) is 0.263. The Labute approximate surface area is 156 Å². The summed E-state index contributed by atoms with van der Waals surface area (Å²) in [6.07, 6.45) is 0. The summed E-state index contributed by atoms with van der Waals surface area (Å²) in [6, 6.07) is 10.4. The molecule has 0 spiro atoms. The Morgan fingerprint density at radius 3 is 2.52 bits per heavy atom. The zero-order chi connectivity index (χ0) is 17.8. The Balaban J connectivity index is 1.63. The van der Waals surface area contributed by atoms with Crippen molar-refractivity contribution in [2.75, 3.05) is 14.1 Å². The van der Waals surface area contributed by atoms with E-state index in [2.05, 4.69) is 58.9 Å². The highest BCUT2D eigenvalue weighted by molar-refractivity contribution is 7.17. The molecule has 0 radical (unpaired) electrons. The summed E-state index contributed by atoms with van der Waals surface area (Å²) in [7, 11) is 4.10. The molecule has 0 saturated heterocycles. The van der Waals surface area contributed by atoms with Gasteiger partial charge in [0.2, 0.25) is 0 Å². The number of benzene rings is 1. The fourth-order valence-electron chi connectivity index (χ4n) is 2.51. The molecule has 4 nitrogen and oxygen atoms in total. The Morgan fingerprint density at radius 1 is 1.16 bits per heavy atom. The summed E-state index contributed by atoms with van der Waals surface area (Å²) in [6.45, 7) is 3.32. The quantitative estimate of drug-likeness (QED) is 0.707. The maximum absolute atomic E-state index is 12.5. The monoisotopic (exact) mass is 371 g/mol. The van der Waals surface area contributed by atoms with Crippen molar-refractivity contribution in [3.63, 3.8) is 0 Å². The number of nitrogens with zero attached hydrogens (tertiary/aromatic N) is 2. The smallest absolute Gasteiger partial charge is 0.263 e. The van der Waals surface area contributed by atoms with Gasteiger partial charge >= 0.3 is 0 Å². The zero-order valence-corrected chi connectivity index (χ0v) is 16.2. The third kappa shape index (κ3) is 4.54. The highest BCUT2D eigenvalue weighted by atomic mass is 32.1. The lowest BCUT2D eigenvalue weighted by atomic mass is 10.1. The zero-order valence-electron chi connectivity index (χ0n) is 14.6. The molecular weight excluding hydrogens is 350 g/mol. The normalized spacial score (nSPS) is 11.0. The molecular formula is C19H21N3OS2. The van der Waals surface area contributed by atoms with E-state index >= 15 is 0 Å². The number of carbonyl (C=O) groups is 1. The van der Waals surface area contributed by atoms with Crippen LogP contribution >= 0.6 is 22.7 Å². The van der Waals surface area contributed by atoms with Crippen molar-refractivity contribution < 1.29 is 4.79 Å². The summed E-state index contributed by atoms with van der Waals surface area (Å²) < 4.78 is 0. The number of hydrogen-bond acceptors (Lipinski definition) is 5. The van der Waals surface area contributed by atoms with Crippen LogP contribution in [0, 0.1) is 6.92 Å². The molecule has 0 saturated carbocycles. The van der Waals surface area contributed by atoms with Crippen LogP contribution in [0.25, 0.3) is 10.6 Å². The lowest BCUT2D eigenvalue weighted by Crippen LogP contribution is -2.22. The Kier molecular flexibility index (Phi) is 5.63. The molecule has 1 aromatic carbocycles. The molecule has 0 aliphatic heterocycles. The molecule has 3 rings (SSSR count). The third-order valence-electron chi connectivity index (χ3n) is 3.75. The largest absolute Gasteiger partial charge is 0.347 e. The van der Waals surface area contributed by atoms with E-state index in [-0.39, 0.29) is 5.91 Å². The van der Waals surface area contributed by atoms with Crippen LogP contribution in [0.1, 0.15) is 26.5 Å². The van der Waals surface area contributed by atoms with E-state index in [0.717, 1.165) is 28.4 Å². The molecule has 0 aliphatic rings. The summed E-state index contributed by atoms with van der Waals surface area (Å²) in [5.74, 6) is -0.0613. The first kappa shape index (κ1) is 17.8. The second-order valence-electron chi connectivity index (χ2n) is 6.18. The number of thiazole rings is 1. The van der Waals surface area contributed by atoms with Gasteiger partial charge in [-0.15, -0.1) is 11.3 Å². The van der Waals surface area contributed by atoms with Crippen LogP contribution in [0.5, 0.6) is 0 Å². The van der Waals surface area contributed by atoms with Gasteiger partial charge in [0.15, 0.2) is 0 Å². The number of aryl methyl sites for hydroxylation is 1. The molecule has 3 aromatic rings. The van der Waals surface area contributed by atoms with Gasteiger partial charge in [-0.1, -0.05) is 24.3 Å². The van der Waals surface area contributed by atoms with Crippen molar-refractivity contribution in [2.45, 2.75) is 20.0 Å². The number of carbonyl (C=O) groups excluding carboxylic acids is 1. The number of rotatable bonds is 6. The van der Waals surface area contributed by atoms with Crippen LogP contribution in [0.2, 0.25) is 0 Å². The van der Waals surface area contributed by atoms with Gasteiger partial charge in [-0.3, -0.25) is 4.79 Å². The Bertz CT molecular complexity index is 836. The van der Waals surface area contributed by atoms with Crippen LogP contribution in [-0.4, -0.2) is 29.9 Å². The van der Waals surface area contributed by atoms with Crippen molar-refractivity contribution in [3.05, 3.63) is 62.8 Å². The van der Waals surface area contributed by atoms with Gasteiger partial charge in [-0.05, 0) is 43.6 Å². The molecule has 0 unspecified atom stereocenters. The van der Waals surface area contributed by atoms with Gasteiger partial charge in [0, 0.05) is 24.0 Å². The second-order valence-corrected chi connectivity index (χ2v) is 7.96. The van der Waals surface area contributed by atoms with Crippen LogP contribution in [-0.2, 0) is 13.1 Å². The minimum atomic E-state index is -0.0613. The number of nitrogens with one attached hydrogen (secondary N) is 1. The van der Waals surface area contributed by atoms with E-state index in [0.29, 0.717) is 11.4 Å². The van der Waals surface area contributed by atoms with Gasteiger partial charge in [-0.25, -0.2) is 4.98 Å². The van der Waals surface area contributed by atoms with Crippen molar-refractivity contribution in [1.29, 1.82) is 0 Å². The molecule has 25 heavy (non-hydrogen) atoms. The van der Waals surface area contributed by atoms with Crippen LogP contribution < -0.4 is 5.32 Å². The maximum atomic E-state index is 12.5. The first-order valence-electron chi connectivity index (χ1n) is 8.03. The van der Waals surface area contributed by atoms with Crippen LogP contribution in [0.15, 0.2) is 41.1 Å². The SMILES string of the molecule is Cc1nc(-c2ccsc2)sc1C(=O)NCc1ccc(CN(C)C)cc1. The predicted octanol–water partition coefficient (Wildman–Crippen LogP) is 4.17. The van der Waals surface area contributed by atoms with E-state index in [1.54, 1.807) is 11.3 Å². The number of hydrogen-bond donors (Lipinski definition) is 1. The topological polar surface area (TPSA) is 45.2 Å². The van der Waals surface area contributed by atoms with E-state index in [1.165, 1.54) is 16.9 Å². The lowest BCUT2D eigenvalue weighted by molar-refractivity contribution is 0.0954. The number of amides is 1. The summed E-state index contributed by atoms with van der Waals surface area (Å²) >= 11 is 3.08. The average Bonchev–Trinajstić information content (AvgIpc) is 3.23. The minimum absolute atomic E-state index is 0.0613. The van der Waals surface area contributed by atoms with E-state index < -0.39 is 0 Å². The number of aromatic nitrogens is 1. The van der Waals surface area contributed by atoms with Crippen LogP contribution in [0.3, 0.4) is 0 Å². The maximum Gasteiger partial charge on any atom is 0.263 e. The molecule has 1 N–H and O–H groups in total. The fourth-order valence-corrected chi connectivity index (χ4v) is 4.20. The number of thiophene rings is 1. The molecule has 2 heterocycles. The van der Waals surface area contributed by atoms with E-state index in [9.17, 15) is 4.79 Å². The molecule has 6 heteroatoms. The van der Waals surface area contributed by atoms with Crippen molar-refractivity contribution >= 4 is 28.6 Å². The average molecular weight is 372 g/mol. The third-order valence-corrected chi connectivity index (χ3v) is 5.63. The lowest BCUT2D eigenvalue weighted by Gasteiger charge is -2.10. The minimum Gasteiger partial charge on any atom is -0.347 e. The van der Waals surface area contributed by atoms with Crippen molar-refractivity contribution in [2.24, 2.45) is 0 Å². The summed E-state index contributed by atoms with van der Waals surface area (Å²) in [5, 5.41) is 7.97. The first-order chi connectivity index (χ1) is 12.0. The van der Waals surface area contributed by atoms with Gasteiger partial charge in [0.05, 0.1) is 5.69 Å². The van der Waals surface area contributed by atoms with Crippen molar-refractivity contribution in [1.82, 2.24) is 15.2 Å². The molecule has 0 atom stereocenters. The van der Waals surface area contributed by atoms with E-state index in [1.807, 2.05) is 18.4 Å². The molecule has 130 valence electrons. The van der Waals surface area contributed by atoms with E-state index in [4.69, 9.17) is 0 Å².